The number of nitrogens with zero attached hydrogens (tertiary/aromatic N) is 2. The Morgan fingerprint density at radius 3 is 1.45 bits per heavy atom. The molecule has 0 fully saturated rings. The maximum Gasteiger partial charge on any atom is 0.0991 e. The average molecular weight is 805 g/mol. The largest absolute Gasteiger partial charge is 0.310 e. The summed E-state index contributed by atoms with van der Waals surface area (Å²) in [5.41, 5.74) is 11.0. The van der Waals surface area contributed by atoms with Gasteiger partial charge in [-0.1, -0.05) is 158 Å². The van der Waals surface area contributed by atoms with E-state index in [1.807, 2.05) is 35.6 Å². The molecule has 0 radical (unpaired) electrons. The van der Waals surface area contributed by atoms with Gasteiger partial charge in [-0.2, -0.15) is 5.26 Å². The van der Waals surface area contributed by atoms with Crippen molar-refractivity contribution >= 4 is 91.7 Å². The third-order valence-electron chi connectivity index (χ3n) is 12.5. The summed E-state index contributed by atoms with van der Waals surface area (Å²) in [7, 11) is 0. The molecule has 2 nitrogen and oxygen atoms in total. The normalized spacial score (nSPS) is 11.5. The van der Waals surface area contributed by atoms with Gasteiger partial charge in [0.15, 0.2) is 0 Å². The third kappa shape index (κ3) is 5.85. The van der Waals surface area contributed by atoms with Gasteiger partial charge in [-0.15, -0.1) is 11.3 Å². The number of thiophene rings is 1. The van der Waals surface area contributed by atoms with E-state index in [-0.39, 0.29) is 0 Å². The van der Waals surface area contributed by atoms with E-state index in [1.165, 1.54) is 85.5 Å². The van der Waals surface area contributed by atoms with Gasteiger partial charge in [-0.05, 0) is 137 Å². The zero-order valence-corrected chi connectivity index (χ0v) is 34.4. The van der Waals surface area contributed by atoms with Crippen molar-refractivity contribution in [2.45, 2.75) is 0 Å². The van der Waals surface area contributed by atoms with Gasteiger partial charge in [0.05, 0.1) is 11.6 Å². The Morgan fingerprint density at radius 1 is 0.339 bits per heavy atom. The molecule has 288 valence electrons. The topological polar surface area (TPSA) is 27.0 Å². The van der Waals surface area contributed by atoms with E-state index < -0.39 is 0 Å². The molecule has 0 N–H and O–H groups in total. The van der Waals surface area contributed by atoms with Crippen LogP contribution in [-0.2, 0) is 0 Å². The molecule has 1 aromatic heterocycles. The first kappa shape index (κ1) is 35.9. The molecule has 0 aliphatic rings. The monoisotopic (exact) mass is 804 g/mol. The van der Waals surface area contributed by atoms with Gasteiger partial charge in [0, 0.05) is 37.2 Å². The minimum Gasteiger partial charge on any atom is -0.310 e. The number of anilines is 3. The van der Waals surface area contributed by atoms with Crippen LogP contribution in [0.25, 0.3) is 96.6 Å². The predicted molar refractivity (Wildman–Crippen MR) is 265 cm³/mol. The van der Waals surface area contributed by atoms with Gasteiger partial charge in [0.2, 0.25) is 0 Å². The lowest BCUT2D eigenvalue weighted by Crippen LogP contribution is -2.09. The molecule has 0 spiro atoms. The van der Waals surface area contributed by atoms with Crippen molar-refractivity contribution in [1.29, 1.82) is 5.26 Å². The first-order chi connectivity index (χ1) is 30.7. The van der Waals surface area contributed by atoms with E-state index in [4.69, 9.17) is 0 Å². The SMILES string of the molecule is N#Cc1ccc(N(c2ccc(-c3ccc4c(-c5cccc6ccccc56)c5ccccc5c(-c5cccc6ccccc56)c4c3)cc2)c2ccc3c(c2)sc2ccccc23)cc1. The van der Waals surface area contributed by atoms with Gasteiger partial charge >= 0.3 is 0 Å². The van der Waals surface area contributed by atoms with Crippen molar-refractivity contribution < 1.29 is 0 Å². The van der Waals surface area contributed by atoms with Gasteiger partial charge in [-0.3, -0.25) is 0 Å². The van der Waals surface area contributed by atoms with Gasteiger partial charge in [0.25, 0.3) is 0 Å². The molecule has 0 saturated heterocycles. The molecule has 3 heteroatoms. The van der Waals surface area contributed by atoms with Crippen molar-refractivity contribution in [3.63, 3.8) is 0 Å². The summed E-state index contributed by atoms with van der Waals surface area (Å²) in [6, 6.07) is 81.3. The smallest absolute Gasteiger partial charge is 0.0991 e. The Bertz CT molecular complexity index is 3750. The van der Waals surface area contributed by atoms with Crippen molar-refractivity contribution in [3.05, 3.63) is 224 Å². The molecule has 0 aliphatic carbocycles. The quantitative estimate of drug-likeness (QED) is 0.157. The highest BCUT2D eigenvalue weighted by molar-refractivity contribution is 7.25. The van der Waals surface area contributed by atoms with Gasteiger partial charge < -0.3 is 4.90 Å². The summed E-state index contributed by atoms with van der Waals surface area (Å²) in [6.45, 7) is 0. The van der Waals surface area contributed by atoms with Gasteiger partial charge in [0.1, 0.15) is 0 Å². The van der Waals surface area contributed by atoms with Crippen molar-refractivity contribution in [1.82, 2.24) is 0 Å². The number of nitriles is 1. The second-order valence-electron chi connectivity index (χ2n) is 15.9. The van der Waals surface area contributed by atoms with Crippen LogP contribution in [0.4, 0.5) is 17.1 Å². The maximum atomic E-state index is 9.63. The number of rotatable bonds is 6. The fraction of sp³-hybridized carbons (Fsp3) is 0. The van der Waals surface area contributed by atoms with Crippen LogP contribution in [0.3, 0.4) is 0 Å². The lowest BCUT2D eigenvalue weighted by atomic mass is 9.83. The zero-order chi connectivity index (χ0) is 41.1. The van der Waals surface area contributed by atoms with Crippen LogP contribution in [0.15, 0.2) is 218 Å². The molecule has 12 aromatic rings. The van der Waals surface area contributed by atoms with Crippen LogP contribution in [0.5, 0.6) is 0 Å². The molecule has 62 heavy (non-hydrogen) atoms. The minimum absolute atomic E-state index is 0.638. The molecule has 0 aliphatic heterocycles. The van der Waals surface area contributed by atoms with Crippen LogP contribution in [-0.4, -0.2) is 0 Å². The summed E-state index contributed by atoms with van der Waals surface area (Å²) in [4.78, 5) is 2.29. The lowest BCUT2D eigenvalue weighted by Gasteiger charge is -2.26. The van der Waals surface area contributed by atoms with Crippen LogP contribution in [0.1, 0.15) is 5.56 Å². The number of hydrogen-bond acceptors (Lipinski definition) is 3. The summed E-state index contributed by atoms with van der Waals surface area (Å²) < 4.78 is 2.53. The lowest BCUT2D eigenvalue weighted by molar-refractivity contribution is 1.29. The number of benzene rings is 11. The Labute approximate surface area is 363 Å². The molecule has 0 unspecified atom stereocenters. The first-order valence-corrected chi connectivity index (χ1v) is 21.8. The summed E-state index contributed by atoms with van der Waals surface area (Å²) in [5.74, 6) is 0. The zero-order valence-electron chi connectivity index (χ0n) is 33.6. The highest BCUT2D eigenvalue weighted by atomic mass is 32.1. The minimum atomic E-state index is 0.638. The molecule has 0 bridgehead atoms. The molecule has 12 rings (SSSR count). The molecule has 11 aromatic carbocycles. The molecule has 1 heterocycles. The first-order valence-electron chi connectivity index (χ1n) is 21.0. The Morgan fingerprint density at radius 2 is 0.806 bits per heavy atom. The van der Waals surface area contributed by atoms with Crippen LogP contribution >= 0.6 is 11.3 Å². The van der Waals surface area contributed by atoms with Gasteiger partial charge in [-0.25, -0.2) is 0 Å². The number of fused-ring (bicyclic) bond motifs is 7. The van der Waals surface area contributed by atoms with Crippen LogP contribution in [0, 0.1) is 11.3 Å². The van der Waals surface area contributed by atoms with Crippen LogP contribution < -0.4 is 4.90 Å². The molecular formula is C59H36N2S. The van der Waals surface area contributed by atoms with Crippen molar-refractivity contribution in [2.24, 2.45) is 0 Å². The van der Waals surface area contributed by atoms with Crippen LogP contribution in [0.2, 0.25) is 0 Å². The fourth-order valence-corrected chi connectivity index (χ4v) is 10.8. The third-order valence-corrected chi connectivity index (χ3v) is 13.6. The summed E-state index contributed by atoms with van der Waals surface area (Å²) in [5, 5.41) is 22.1. The number of hydrogen-bond donors (Lipinski definition) is 0. The molecule has 0 saturated carbocycles. The van der Waals surface area contributed by atoms with E-state index in [9.17, 15) is 5.26 Å². The molecule has 0 amide bonds. The second kappa shape index (κ2) is 14.6. The molecular weight excluding hydrogens is 769 g/mol. The highest BCUT2D eigenvalue weighted by Crippen LogP contribution is 2.48. The maximum absolute atomic E-state index is 9.63. The second-order valence-corrected chi connectivity index (χ2v) is 17.0. The average Bonchev–Trinajstić information content (AvgIpc) is 3.71. The molecule has 0 atom stereocenters. The van der Waals surface area contributed by atoms with Crippen molar-refractivity contribution in [3.8, 4) is 39.4 Å². The standard InChI is InChI=1S/C59H36N2S/c60-37-38-23-28-43(29-24-38)61(45-32-34-49-48-17-7-8-22-56(48)62-57(49)36-45)44-30-25-39(26-31-44)42-27-33-54-55(35-42)59(51-21-10-14-41-12-2-4-16-47(41)51)53-19-6-5-18-52(53)58(54)50-20-9-13-40-11-1-3-15-46(40)50/h1-36H. The Hall–Kier alpha value is -8.03. The van der Waals surface area contributed by atoms with Crippen molar-refractivity contribution in [2.75, 3.05) is 4.90 Å². The fourth-order valence-electron chi connectivity index (χ4n) is 9.61. The summed E-state index contributed by atoms with van der Waals surface area (Å²) in [6.07, 6.45) is 0. The van der Waals surface area contributed by atoms with E-state index in [0.717, 1.165) is 28.2 Å². The van der Waals surface area contributed by atoms with E-state index >= 15 is 0 Å². The van der Waals surface area contributed by atoms with E-state index in [0.29, 0.717) is 5.56 Å². The Kier molecular flexibility index (Phi) is 8.45. The summed E-state index contributed by atoms with van der Waals surface area (Å²) >= 11 is 1.82. The van der Waals surface area contributed by atoms with E-state index in [1.54, 1.807) is 0 Å². The Balaban J connectivity index is 1.06. The predicted octanol–water partition coefficient (Wildman–Crippen LogP) is 17.0. The highest BCUT2D eigenvalue weighted by Gasteiger charge is 2.21. The van der Waals surface area contributed by atoms with E-state index in [2.05, 4.69) is 205 Å².